The first kappa shape index (κ1) is 16.0. The lowest BCUT2D eigenvalue weighted by molar-refractivity contribution is 0.0696. The van der Waals surface area contributed by atoms with Crippen LogP contribution >= 0.6 is 0 Å². The van der Waals surface area contributed by atoms with Gasteiger partial charge in [-0.2, -0.15) is 0 Å². The van der Waals surface area contributed by atoms with Crippen molar-refractivity contribution in [3.63, 3.8) is 0 Å². The Morgan fingerprint density at radius 2 is 1.95 bits per heavy atom. The summed E-state index contributed by atoms with van der Waals surface area (Å²) in [6.45, 7) is 2.18. The van der Waals surface area contributed by atoms with Crippen molar-refractivity contribution >= 4 is 16.0 Å². The lowest BCUT2D eigenvalue weighted by atomic mass is 9.88. The summed E-state index contributed by atoms with van der Waals surface area (Å²) in [6.07, 6.45) is 3.83. The van der Waals surface area contributed by atoms with Crippen molar-refractivity contribution in [1.82, 2.24) is 4.72 Å². The maximum atomic E-state index is 12.2. The molecule has 1 saturated carbocycles. The first-order valence-electron chi connectivity index (χ1n) is 7.18. The van der Waals surface area contributed by atoms with E-state index in [1.165, 1.54) is 12.1 Å². The highest BCUT2D eigenvalue weighted by atomic mass is 32.2. The minimum absolute atomic E-state index is 0.00820. The fourth-order valence-electron chi connectivity index (χ4n) is 2.69. The molecule has 1 aromatic carbocycles. The number of hydrogen-bond acceptors (Lipinski definition) is 3. The smallest absolute Gasteiger partial charge is 0.335 e. The summed E-state index contributed by atoms with van der Waals surface area (Å²) in [4.78, 5) is 10.9. The van der Waals surface area contributed by atoms with Crippen LogP contribution in [-0.2, 0) is 15.8 Å². The van der Waals surface area contributed by atoms with Crippen LogP contribution in [0.1, 0.15) is 48.5 Å². The number of carboxylic acids is 1. The molecule has 0 aliphatic heterocycles. The highest BCUT2D eigenvalue weighted by Crippen LogP contribution is 2.24. The number of hydrogen-bond donors (Lipinski definition) is 2. The maximum absolute atomic E-state index is 12.2. The quantitative estimate of drug-likeness (QED) is 0.874. The van der Waals surface area contributed by atoms with Crippen molar-refractivity contribution in [2.45, 2.75) is 44.4 Å². The summed E-state index contributed by atoms with van der Waals surface area (Å²) >= 11 is 0. The second-order valence-corrected chi connectivity index (χ2v) is 7.59. The van der Waals surface area contributed by atoms with E-state index in [4.69, 9.17) is 5.11 Å². The third-order valence-electron chi connectivity index (χ3n) is 3.89. The molecule has 0 amide bonds. The van der Waals surface area contributed by atoms with Gasteiger partial charge < -0.3 is 5.11 Å². The summed E-state index contributed by atoms with van der Waals surface area (Å²) in [5.41, 5.74) is 0.598. The van der Waals surface area contributed by atoms with Crippen LogP contribution in [-0.4, -0.2) is 25.5 Å². The number of benzene rings is 1. The van der Waals surface area contributed by atoms with Crippen molar-refractivity contribution in [3.05, 3.63) is 35.4 Å². The number of carboxylic acid groups (broad SMARTS) is 1. The van der Waals surface area contributed by atoms with Crippen LogP contribution in [0.5, 0.6) is 0 Å². The van der Waals surface area contributed by atoms with Gasteiger partial charge in [0.1, 0.15) is 0 Å². The summed E-state index contributed by atoms with van der Waals surface area (Å²) in [5, 5.41) is 8.93. The van der Waals surface area contributed by atoms with Crippen molar-refractivity contribution in [1.29, 1.82) is 0 Å². The van der Waals surface area contributed by atoms with E-state index in [1.807, 2.05) is 0 Å². The average Bonchev–Trinajstić information content (AvgIpc) is 2.41. The first-order chi connectivity index (χ1) is 9.85. The van der Waals surface area contributed by atoms with Gasteiger partial charge in [0.25, 0.3) is 0 Å². The monoisotopic (exact) mass is 311 g/mol. The van der Waals surface area contributed by atoms with Crippen molar-refractivity contribution in [3.8, 4) is 0 Å². The third kappa shape index (κ3) is 4.82. The van der Waals surface area contributed by atoms with E-state index in [9.17, 15) is 13.2 Å². The third-order valence-corrected chi connectivity index (χ3v) is 5.30. The Bertz CT molecular complexity index is 604. The molecular weight excluding hydrogens is 290 g/mol. The van der Waals surface area contributed by atoms with Gasteiger partial charge in [0.05, 0.1) is 11.3 Å². The maximum Gasteiger partial charge on any atom is 0.335 e. The van der Waals surface area contributed by atoms with Gasteiger partial charge in [-0.25, -0.2) is 17.9 Å². The van der Waals surface area contributed by atoms with E-state index >= 15 is 0 Å². The van der Waals surface area contributed by atoms with E-state index in [0.29, 0.717) is 11.5 Å². The molecule has 1 aromatic rings. The van der Waals surface area contributed by atoms with Crippen LogP contribution in [0.25, 0.3) is 0 Å². The normalized spacial score (nSPS) is 22.9. The van der Waals surface area contributed by atoms with Crippen LogP contribution in [0.2, 0.25) is 0 Å². The number of aromatic carboxylic acids is 1. The molecule has 6 heteroatoms. The van der Waals surface area contributed by atoms with Crippen LogP contribution < -0.4 is 4.72 Å². The van der Waals surface area contributed by atoms with Gasteiger partial charge in [-0.15, -0.1) is 0 Å². The van der Waals surface area contributed by atoms with Crippen molar-refractivity contribution < 1.29 is 18.3 Å². The second kappa shape index (κ2) is 6.58. The van der Waals surface area contributed by atoms with Crippen LogP contribution in [0.4, 0.5) is 0 Å². The molecule has 0 bridgehead atoms. The van der Waals surface area contributed by atoms with Crippen LogP contribution in [0.3, 0.4) is 0 Å². The summed E-state index contributed by atoms with van der Waals surface area (Å²) in [6, 6.07) is 6.07. The summed E-state index contributed by atoms with van der Waals surface area (Å²) in [7, 11) is -3.44. The van der Waals surface area contributed by atoms with Gasteiger partial charge >= 0.3 is 5.97 Å². The predicted molar refractivity (Wildman–Crippen MR) is 80.6 cm³/mol. The fourth-order valence-corrected chi connectivity index (χ4v) is 4.13. The Balaban J connectivity index is 2.00. The molecule has 0 aromatic heterocycles. The zero-order valence-corrected chi connectivity index (χ0v) is 12.9. The van der Waals surface area contributed by atoms with Crippen LogP contribution in [0.15, 0.2) is 24.3 Å². The lowest BCUT2D eigenvalue weighted by Gasteiger charge is -2.26. The number of sulfonamides is 1. The minimum Gasteiger partial charge on any atom is -0.478 e. The molecule has 1 aliphatic carbocycles. The van der Waals surface area contributed by atoms with E-state index < -0.39 is 16.0 Å². The van der Waals surface area contributed by atoms with Crippen LogP contribution in [0, 0.1) is 5.92 Å². The molecule has 5 nitrogen and oxygen atoms in total. The Hall–Kier alpha value is -1.40. The topological polar surface area (TPSA) is 83.5 Å². The van der Waals surface area contributed by atoms with Crippen molar-refractivity contribution in [2.24, 2.45) is 5.92 Å². The highest BCUT2D eigenvalue weighted by Gasteiger charge is 2.23. The molecule has 1 fully saturated rings. The van der Waals surface area contributed by atoms with Gasteiger partial charge in [-0.05, 0) is 49.3 Å². The van der Waals surface area contributed by atoms with E-state index in [2.05, 4.69) is 11.6 Å². The zero-order valence-electron chi connectivity index (χ0n) is 12.1. The largest absolute Gasteiger partial charge is 0.478 e. The van der Waals surface area contributed by atoms with Gasteiger partial charge in [0.2, 0.25) is 10.0 Å². The Morgan fingerprint density at radius 1 is 1.29 bits per heavy atom. The molecule has 0 saturated heterocycles. The number of rotatable bonds is 5. The summed E-state index contributed by atoms with van der Waals surface area (Å²) in [5.74, 6) is -0.568. The highest BCUT2D eigenvalue weighted by molar-refractivity contribution is 7.88. The molecule has 21 heavy (non-hydrogen) atoms. The first-order valence-corrected chi connectivity index (χ1v) is 8.83. The van der Waals surface area contributed by atoms with Gasteiger partial charge in [0, 0.05) is 6.04 Å². The molecule has 1 aliphatic rings. The molecule has 116 valence electrons. The molecule has 0 unspecified atom stereocenters. The zero-order chi connectivity index (χ0) is 15.5. The standard InChI is InChI=1S/C15H21NO4S/c1-11-5-7-14(8-6-11)16-21(19,20)10-12-3-2-4-13(9-12)15(17)18/h2-4,9,11,14,16H,5-8,10H2,1H3,(H,17,18). The predicted octanol–water partition coefficient (Wildman–Crippen LogP) is 2.38. The Morgan fingerprint density at radius 3 is 2.57 bits per heavy atom. The fraction of sp³-hybridized carbons (Fsp3) is 0.533. The van der Waals surface area contributed by atoms with Gasteiger partial charge in [-0.1, -0.05) is 19.1 Å². The summed E-state index contributed by atoms with van der Waals surface area (Å²) < 4.78 is 27.1. The molecule has 0 radical (unpaired) electrons. The van der Waals surface area contributed by atoms with E-state index in [-0.39, 0.29) is 17.4 Å². The Labute approximate surface area is 125 Å². The molecule has 0 atom stereocenters. The molecular formula is C15H21NO4S. The number of carbonyl (C=O) groups is 1. The number of nitrogens with one attached hydrogen (secondary N) is 1. The molecule has 0 spiro atoms. The minimum atomic E-state index is -3.44. The SMILES string of the molecule is CC1CCC(NS(=O)(=O)Cc2cccc(C(=O)O)c2)CC1. The van der Waals surface area contributed by atoms with Gasteiger partial charge in [-0.3, -0.25) is 0 Å². The molecule has 0 heterocycles. The second-order valence-electron chi connectivity index (χ2n) is 5.84. The molecule has 2 rings (SSSR count). The van der Waals surface area contributed by atoms with Gasteiger partial charge in [0.15, 0.2) is 0 Å². The Kier molecular flexibility index (Phi) is 5.00. The van der Waals surface area contributed by atoms with Crippen molar-refractivity contribution in [2.75, 3.05) is 0 Å². The van der Waals surface area contributed by atoms with E-state index in [0.717, 1.165) is 25.7 Å². The average molecular weight is 311 g/mol. The molecule has 2 N–H and O–H groups in total. The lowest BCUT2D eigenvalue weighted by Crippen LogP contribution is -2.38. The van der Waals surface area contributed by atoms with E-state index in [1.54, 1.807) is 12.1 Å².